The Morgan fingerprint density at radius 2 is 2.19 bits per heavy atom. The average Bonchev–Trinajstić information content (AvgIpc) is 2.46. The molecule has 1 aliphatic heterocycles. The zero-order valence-electron chi connectivity index (χ0n) is 12.1. The highest BCUT2D eigenvalue weighted by Gasteiger charge is 2.29. The number of rotatable bonds is 4. The lowest BCUT2D eigenvalue weighted by Gasteiger charge is -2.31. The Bertz CT molecular complexity index is 536. The molecule has 0 saturated carbocycles. The molecule has 0 bridgehead atoms. The van der Waals surface area contributed by atoms with Crippen LogP contribution in [0.3, 0.4) is 0 Å². The molecular weight excluding hydrogens is 290 g/mol. The van der Waals surface area contributed by atoms with E-state index in [2.05, 4.69) is 5.32 Å². The lowest BCUT2D eigenvalue weighted by molar-refractivity contribution is -0.119. The van der Waals surface area contributed by atoms with Crippen LogP contribution in [0.5, 0.6) is 0 Å². The highest BCUT2D eigenvalue weighted by Crippen LogP contribution is 2.20. The van der Waals surface area contributed by atoms with Crippen molar-refractivity contribution in [2.75, 3.05) is 19.8 Å². The molecule has 0 radical (unpaired) electrons. The van der Waals surface area contributed by atoms with Crippen LogP contribution in [0, 0.1) is 0 Å². The summed E-state index contributed by atoms with van der Waals surface area (Å²) in [6, 6.07) is 7.35. The second-order valence-electron chi connectivity index (χ2n) is 5.39. The van der Waals surface area contributed by atoms with E-state index >= 15 is 0 Å². The van der Waals surface area contributed by atoms with Crippen LogP contribution in [0.1, 0.15) is 25.3 Å². The summed E-state index contributed by atoms with van der Waals surface area (Å²) in [4.78, 5) is 11.9. The smallest absolute Gasteiger partial charge is 0.244 e. The Morgan fingerprint density at radius 1 is 1.48 bits per heavy atom. The SMILES string of the molecule is C/C(=C/C(=O)NCC1(O)CCOCC1)c1cccc(Cl)c1. The number of hydrogen-bond acceptors (Lipinski definition) is 3. The number of aliphatic hydroxyl groups is 1. The molecule has 4 nitrogen and oxygen atoms in total. The van der Waals surface area contributed by atoms with Crippen molar-refractivity contribution in [1.82, 2.24) is 5.32 Å². The first-order valence-corrected chi connectivity index (χ1v) is 7.38. The zero-order chi connectivity index (χ0) is 15.3. The first-order valence-electron chi connectivity index (χ1n) is 7.01. The van der Waals surface area contributed by atoms with Gasteiger partial charge in [-0.3, -0.25) is 4.79 Å². The van der Waals surface area contributed by atoms with E-state index in [-0.39, 0.29) is 12.5 Å². The molecule has 1 amide bonds. The number of carbonyl (C=O) groups excluding carboxylic acids is 1. The third-order valence-corrected chi connectivity index (χ3v) is 3.88. The number of ether oxygens (including phenoxy) is 1. The van der Waals surface area contributed by atoms with E-state index in [1.54, 1.807) is 6.07 Å². The molecule has 1 fully saturated rings. The Hall–Kier alpha value is -1.36. The summed E-state index contributed by atoms with van der Waals surface area (Å²) in [6.07, 6.45) is 2.61. The fraction of sp³-hybridized carbons (Fsp3) is 0.438. The summed E-state index contributed by atoms with van der Waals surface area (Å²) in [5.74, 6) is -0.215. The quantitative estimate of drug-likeness (QED) is 0.840. The third-order valence-electron chi connectivity index (χ3n) is 3.64. The molecule has 2 rings (SSSR count). The number of amides is 1. The van der Waals surface area contributed by atoms with Crippen LogP contribution in [-0.2, 0) is 9.53 Å². The predicted molar refractivity (Wildman–Crippen MR) is 83.1 cm³/mol. The molecular formula is C16H20ClNO3. The molecule has 114 valence electrons. The molecule has 1 aliphatic rings. The summed E-state index contributed by atoms with van der Waals surface area (Å²) in [6.45, 7) is 3.16. The van der Waals surface area contributed by atoms with Crippen molar-refractivity contribution < 1.29 is 14.6 Å². The van der Waals surface area contributed by atoms with Gasteiger partial charge >= 0.3 is 0 Å². The molecule has 1 heterocycles. The molecule has 0 unspecified atom stereocenters. The topological polar surface area (TPSA) is 58.6 Å². The Kier molecular flexibility index (Phi) is 5.39. The van der Waals surface area contributed by atoms with E-state index in [1.807, 2.05) is 25.1 Å². The monoisotopic (exact) mass is 309 g/mol. The summed E-state index contributed by atoms with van der Waals surface area (Å²) < 4.78 is 5.21. The third kappa shape index (κ3) is 4.84. The summed E-state index contributed by atoms with van der Waals surface area (Å²) in [7, 11) is 0. The van der Waals surface area contributed by atoms with Crippen LogP contribution >= 0.6 is 11.6 Å². The minimum atomic E-state index is -0.855. The van der Waals surface area contributed by atoms with Crippen LogP contribution in [0.15, 0.2) is 30.3 Å². The highest BCUT2D eigenvalue weighted by molar-refractivity contribution is 6.30. The van der Waals surface area contributed by atoms with Crippen molar-refractivity contribution in [2.24, 2.45) is 0 Å². The molecule has 1 saturated heterocycles. The fourth-order valence-corrected chi connectivity index (χ4v) is 2.43. The maximum Gasteiger partial charge on any atom is 0.244 e. The Labute approximate surface area is 129 Å². The van der Waals surface area contributed by atoms with Crippen molar-refractivity contribution in [1.29, 1.82) is 0 Å². The molecule has 0 atom stereocenters. The van der Waals surface area contributed by atoms with Gasteiger partial charge in [-0.05, 0) is 30.2 Å². The van der Waals surface area contributed by atoms with Gasteiger partial charge in [0.25, 0.3) is 0 Å². The van der Waals surface area contributed by atoms with Crippen LogP contribution in [0.2, 0.25) is 5.02 Å². The van der Waals surface area contributed by atoms with Crippen molar-refractivity contribution >= 4 is 23.1 Å². The first-order chi connectivity index (χ1) is 9.98. The van der Waals surface area contributed by atoms with Gasteiger partial charge in [0.05, 0.1) is 5.60 Å². The number of hydrogen-bond donors (Lipinski definition) is 2. The van der Waals surface area contributed by atoms with Crippen molar-refractivity contribution in [2.45, 2.75) is 25.4 Å². The normalized spacial score (nSPS) is 18.3. The second-order valence-corrected chi connectivity index (χ2v) is 5.83. The van der Waals surface area contributed by atoms with Gasteiger partial charge in [0.2, 0.25) is 5.91 Å². The molecule has 1 aromatic rings. The van der Waals surface area contributed by atoms with Crippen LogP contribution in [0.4, 0.5) is 0 Å². The number of benzene rings is 1. The van der Waals surface area contributed by atoms with Gasteiger partial charge in [0.1, 0.15) is 0 Å². The summed E-state index contributed by atoms with van der Waals surface area (Å²) in [5.41, 5.74) is 0.877. The van der Waals surface area contributed by atoms with Crippen molar-refractivity contribution in [3.63, 3.8) is 0 Å². The van der Waals surface area contributed by atoms with Gasteiger partial charge in [0, 0.05) is 43.7 Å². The number of carbonyl (C=O) groups is 1. The lowest BCUT2D eigenvalue weighted by atomic mass is 9.94. The van der Waals surface area contributed by atoms with Crippen LogP contribution < -0.4 is 5.32 Å². The largest absolute Gasteiger partial charge is 0.388 e. The van der Waals surface area contributed by atoms with E-state index in [9.17, 15) is 9.90 Å². The maximum absolute atomic E-state index is 11.9. The van der Waals surface area contributed by atoms with Gasteiger partial charge in [-0.1, -0.05) is 23.7 Å². The Morgan fingerprint density at radius 3 is 2.86 bits per heavy atom. The van der Waals surface area contributed by atoms with Gasteiger partial charge in [0.15, 0.2) is 0 Å². The molecule has 21 heavy (non-hydrogen) atoms. The molecule has 1 aromatic carbocycles. The standard InChI is InChI=1S/C16H20ClNO3/c1-12(13-3-2-4-14(17)10-13)9-15(19)18-11-16(20)5-7-21-8-6-16/h2-4,9-10,20H,5-8,11H2,1H3,(H,18,19)/b12-9-. The molecule has 0 aliphatic carbocycles. The Balaban J connectivity index is 1.92. The summed E-state index contributed by atoms with van der Waals surface area (Å²) in [5, 5.41) is 13.7. The minimum Gasteiger partial charge on any atom is -0.388 e. The van der Waals surface area contributed by atoms with Crippen molar-refractivity contribution in [3.05, 3.63) is 40.9 Å². The van der Waals surface area contributed by atoms with E-state index in [0.29, 0.717) is 31.1 Å². The first kappa shape index (κ1) is 16.0. The van der Waals surface area contributed by atoms with Gasteiger partial charge in [-0.2, -0.15) is 0 Å². The lowest BCUT2D eigenvalue weighted by Crippen LogP contribution is -2.46. The van der Waals surface area contributed by atoms with E-state index in [0.717, 1.165) is 11.1 Å². The number of nitrogens with one attached hydrogen (secondary N) is 1. The molecule has 0 spiro atoms. The minimum absolute atomic E-state index is 0.215. The number of allylic oxidation sites excluding steroid dienone is 1. The molecule has 5 heteroatoms. The predicted octanol–water partition coefficient (Wildman–Crippen LogP) is 2.40. The zero-order valence-corrected chi connectivity index (χ0v) is 12.8. The summed E-state index contributed by atoms with van der Waals surface area (Å²) >= 11 is 5.93. The highest BCUT2D eigenvalue weighted by atomic mass is 35.5. The van der Waals surface area contributed by atoms with Crippen LogP contribution in [0.25, 0.3) is 5.57 Å². The number of halogens is 1. The van der Waals surface area contributed by atoms with Gasteiger partial charge < -0.3 is 15.2 Å². The van der Waals surface area contributed by atoms with Gasteiger partial charge in [-0.25, -0.2) is 0 Å². The second kappa shape index (κ2) is 7.07. The fourth-order valence-electron chi connectivity index (χ4n) is 2.24. The van der Waals surface area contributed by atoms with E-state index in [4.69, 9.17) is 16.3 Å². The van der Waals surface area contributed by atoms with Gasteiger partial charge in [-0.15, -0.1) is 0 Å². The van der Waals surface area contributed by atoms with E-state index < -0.39 is 5.60 Å². The average molecular weight is 310 g/mol. The van der Waals surface area contributed by atoms with E-state index in [1.165, 1.54) is 6.08 Å². The molecule has 2 N–H and O–H groups in total. The van der Waals surface area contributed by atoms with Crippen molar-refractivity contribution in [3.8, 4) is 0 Å². The van der Waals surface area contributed by atoms with Crippen LogP contribution in [-0.4, -0.2) is 36.4 Å². The maximum atomic E-state index is 11.9. The molecule has 0 aromatic heterocycles.